The van der Waals surface area contributed by atoms with Gasteiger partial charge in [-0.25, -0.2) is 4.79 Å². The van der Waals surface area contributed by atoms with Crippen molar-refractivity contribution >= 4 is 11.9 Å². The summed E-state index contributed by atoms with van der Waals surface area (Å²) in [4.78, 5) is 22.2. The fourth-order valence-corrected chi connectivity index (χ4v) is 1.20. The summed E-state index contributed by atoms with van der Waals surface area (Å²) in [6.45, 7) is 4.62. The largest absolute Gasteiger partial charge is 0.478 e. The van der Waals surface area contributed by atoms with Crippen molar-refractivity contribution in [3.8, 4) is 0 Å². The first-order valence-electron chi connectivity index (χ1n) is 5.25. The minimum Gasteiger partial charge on any atom is -0.478 e. The first-order valence-corrected chi connectivity index (χ1v) is 5.25. The van der Waals surface area contributed by atoms with Crippen LogP contribution in [-0.4, -0.2) is 36.2 Å². The lowest BCUT2D eigenvalue weighted by molar-refractivity contribution is 0.0695. The molecule has 6 heteroatoms. The van der Waals surface area contributed by atoms with E-state index in [0.717, 1.165) is 6.26 Å². The Kier molecular flexibility index (Phi) is 4.71. The summed E-state index contributed by atoms with van der Waals surface area (Å²) >= 11 is 0. The summed E-state index contributed by atoms with van der Waals surface area (Å²) in [6, 6.07) is 1.02. The number of amides is 1. The highest BCUT2D eigenvalue weighted by Crippen LogP contribution is 2.07. The van der Waals surface area contributed by atoms with Crippen molar-refractivity contribution in [2.45, 2.75) is 19.9 Å². The molecule has 0 saturated carbocycles. The lowest BCUT2D eigenvalue weighted by atomic mass is 10.3. The third-order valence-corrected chi connectivity index (χ3v) is 2.02. The Hall–Kier alpha value is -1.82. The molecule has 0 aliphatic heterocycles. The maximum atomic E-state index is 11.6. The molecular weight excluding hydrogens is 226 g/mol. The van der Waals surface area contributed by atoms with Gasteiger partial charge in [0.2, 0.25) is 0 Å². The zero-order chi connectivity index (χ0) is 12.8. The second-order valence-corrected chi connectivity index (χ2v) is 3.54. The first-order chi connectivity index (χ1) is 8.04. The van der Waals surface area contributed by atoms with E-state index in [4.69, 9.17) is 14.3 Å². The number of aromatic carboxylic acids is 1. The fourth-order valence-electron chi connectivity index (χ4n) is 1.20. The van der Waals surface area contributed by atoms with E-state index in [-0.39, 0.29) is 17.4 Å². The average molecular weight is 241 g/mol. The number of carboxylic acid groups (broad SMARTS) is 1. The van der Waals surface area contributed by atoms with Crippen LogP contribution in [0, 0.1) is 0 Å². The minimum absolute atomic E-state index is 0.0225. The molecule has 0 fully saturated rings. The number of furan rings is 1. The van der Waals surface area contributed by atoms with E-state index in [1.807, 2.05) is 6.92 Å². The molecule has 0 aliphatic carbocycles. The Labute approximate surface area is 98.6 Å². The van der Waals surface area contributed by atoms with Crippen LogP contribution in [0.25, 0.3) is 0 Å². The van der Waals surface area contributed by atoms with E-state index < -0.39 is 11.9 Å². The summed E-state index contributed by atoms with van der Waals surface area (Å²) in [6.07, 6.45) is 1.03. The number of hydrogen-bond donors (Lipinski definition) is 2. The van der Waals surface area contributed by atoms with Crippen LogP contribution in [0.2, 0.25) is 0 Å². The minimum atomic E-state index is -1.13. The average Bonchev–Trinajstić information content (AvgIpc) is 2.75. The highest BCUT2D eigenvalue weighted by Gasteiger charge is 2.16. The molecule has 94 valence electrons. The van der Waals surface area contributed by atoms with Crippen LogP contribution in [0.1, 0.15) is 34.8 Å². The maximum Gasteiger partial charge on any atom is 0.338 e. The SMILES string of the molecule is CCOCC(C)NC(=O)c1cc(C(=O)O)co1. The molecule has 2 N–H and O–H groups in total. The van der Waals surface area contributed by atoms with Gasteiger partial charge in [0.05, 0.1) is 12.2 Å². The molecule has 0 aromatic carbocycles. The molecule has 1 aromatic heterocycles. The van der Waals surface area contributed by atoms with Gasteiger partial charge in [0.1, 0.15) is 6.26 Å². The molecular formula is C11H15NO5. The molecule has 0 bridgehead atoms. The van der Waals surface area contributed by atoms with Crippen molar-refractivity contribution in [3.05, 3.63) is 23.7 Å². The predicted molar refractivity (Wildman–Crippen MR) is 59.1 cm³/mol. The van der Waals surface area contributed by atoms with Crippen LogP contribution >= 0.6 is 0 Å². The molecule has 0 radical (unpaired) electrons. The molecule has 1 atom stereocenters. The third-order valence-electron chi connectivity index (χ3n) is 2.02. The topological polar surface area (TPSA) is 88.8 Å². The van der Waals surface area contributed by atoms with Crippen molar-refractivity contribution in [1.82, 2.24) is 5.32 Å². The van der Waals surface area contributed by atoms with Crippen LogP contribution in [0.15, 0.2) is 16.7 Å². The van der Waals surface area contributed by atoms with Crippen LogP contribution < -0.4 is 5.32 Å². The van der Waals surface area contributed by atoms with Gasteiger partial charge in [0, 0.05) is 18.7 Å². The molecule has 1 amide bonds. The number of carboxylic acids is 1. The van der Waals surface area contributed by atoms with Crippen LogP contribution in [0.3, 0.4) is 0 Å². The number of nitrogens with one attached hydrogen (secondary N) is 1. The summed E-state index contributed by atoms with van der Waals surface area (Å²) in [5, 5.41) is 11.3. The lowest BCUT2D eigenvalue weighted by Crippen LogP contribution is -2.35. The molecule has 17 heavy (non-hydrogen) atoms. The Morgan fingerprint density at radius 2 is 2.29 bits per heavy atom. The van der Waals surface area contributed by atoms with Crippen LogP contribution in [-0.2, 0) is 4.74 Å². The monoisotopic (exact) mass is 241 g/mol. The summed E-state index contributed by atoms with van der Waals surface area (Å²) in [5.74, 6) is -1.61. The zero-order valence-corrected chi connectivity index (χ0v) is 9.73. The second kappa shape index (κ2) is 6.05. The highest BCUT2D eigenvalue weighted by molar-refractivity contribution is 5.95. The Balaban J connectivity index is 2.54. The summed E-state index contributed by atoms with van der Waals surface area (Å²) in [5.41, 5.74) is -0.0485. The number of ether oxygens (including phenoxy) is 1. The molecule has 1 rings (SSSR count). The van der Waals surface area contributed by atoms with Gasteiger partial charge in [-0.15, -0.1) is 0 Å². The maximum absolute atomic E-state index is 11.6. The Morgan fingerprint density at radius 3 is 2.82 bits per heavy atom. The molecule has 1 aromatic rings. The van der Waals surface area contributed by atoms with E-state index in [1.165, 1.54) is 6.07 Å². The van der Waals surface area contributed by atoms with E-state index in [2.05, 4.69) is 5.32 Å². The van der Waals surface area contributed by atoms with Gasteiger partial charge < -0.3 is 19.6 Å². The van der Waals surface area contributed by atoms with Gasteiger partial charge in [-0.05, 0) is 13.8 Å². The molecule has 0 spiro atoms. The van der Waals surface area contributed by atoms with Crippen molar-refractivity contribution < 1.29 is 23.8 Å². The quantitative estimate of drug-likeness (QED) is 0.779. The highest BCUT2D eigenvalue weighted by atomic mass is 16.5. The second-order valence-electron chi connectivity index (χ2n) is 3.54. The van der Waals surface area contributed by atoms with Gasteiger partial charge in [-0.1, -0.05) is 0 Å². The number of carbonyl (C=O) groups is 2. The molecule has 0 aliphatic rings. The summed E-state index contributed by atoms with van der Waals surface area (Å²) < 4.78 is 10.00. The van der Waals surface area contributed by atoms with E-state index in [1.54, 1.807) is 6.92 Å². The third kappa shape index (κ3) is 3.92. The van der Waals surface area contributed by atoms with Crippen molar-refractivity contribution in [2.24, 2.45) is 0 Å². The van der Waals surface area contributed by atoms with Gasteiger partial charge in [0.25, 0.3) is 5.91 Å². The number of carbonyl (C=O) groups excluding carboxylic acids is 1. The first kappa shape index (κ1) is 13.2. The lowest BCUT2D eigenvalue weighted by Gasteiger charge is -2.12. The van der Waals surface area contributed by atoms with Crippen molar-refractivity contribution in [1.29, 1.82) is 0 Å². The fraction of sp³-hybridized carbons (Fsp3) is 0.455. The van der Waals surface area contributed by atoms with E-state index >= 15 is 0 Å². The zero-order valence-electron chi connectivity index (χ0n) is 9.73. The van der Waals surface area contributed by atoms with Crippen LogP contribution in [0.4, 0.5) is 0 Å². The van der Waals surface area contributed by atoms with Gasteiger partial charge in [-0.3, -0.25) is 4.79 Å². The number of hydrogen-bond acceptors (Lipinski definition) is 4. The van der Waals surface area contributed by atoms with Crippen molar-refractivity contribution in [3.63, 3.8) is 0 Å². The summed E-state index contributed by atoms with van der Waals surface area (Å²) in [7, 11) is 0. The van der Waals surface area contributed by atoms with Gasteiger partial charge in [0.15, 0.2) is 5.76 Å². The smallest absolute Gasteiger partial charge is 0.338 e. The predicted octanol–water partition coefficient (Wildman–Crippen LogP) is 1.13. The molecule has 0 saturated heterocycles. The Bertz CT molecular complexity index is 398. The van der Waals surface area contributed by atoms with E-state index in [9.17, 15) is 9.59 Å². The normalized spacial score (nSPS) is 12.1. The van der Waals surface area contributed by atoms with Gasteiger partial charge in [-0.2, -0.15) is 0 Å². The van der Waals surface area contributed by atoms with Gasteiger partial charge >= 0.3 is 5.97 Å². The molecule has 6 nitrogen and oxygen atoms in total. The molecule has 1 heterocycles. The standard InChI is InChI=1S/C11H15NO5/c1-3-16-5-7(2)12-10(13)9-4-8(6-17-9)11(14)15/h4,6-7H,3,5H2,1-2H3,(H,12,13)(H,14,15). The Morgan fingerprint density at radius 1 is 1.59 bits per heavy atom. The van der Waals surface area contributed by atoms with Crippen LogP contribution in [0.5, 0.6) is 0 Å². The van der Waals surface area contributed by atoms with E-state index in [0.29, 0.717) is 13.2 Å². The number of rotatable bonds is 6. The van der Waals surface area contributed by atoms with Crippen molar-refractivity contribution in [2.75, 3.05) is 13.2 Å². The molecule has 1 unspecified atom stereocenters.